The average Bonchev–Trinajstić information content (AvgIpc) is 2.91. The molecule has 2 fully saturated rings. The molecule has 2 aromatic rings. The Hall–Kier alpha value is -2.56. The summed E-state index contributed by atoms with van der Waals surface area (Å²) in [6.45, 7) is 1.97. The third-order valence-corrected chi connectivity index (χ3v) is 7.12. The van der Waals surface area contributed by atoms with Gasteiger partial charge in [-0.2, -0.15) is 13.2 Å². The minimum absolute atomic E-state index is 0.0690. The molecule has 0 saturated carbocycles. The van der Waals surface area contributed by atoms with Crippen LogP contribution in [0.5, 0.6) is 0 Å². The van der Waals surface area contributed by atoms with Gasteiger partial charge < -0.3 is 9.64 Å². The van der Waals surface area contributed by atoms with Crippen LogP contribution in [-0.2, 0) is 10.9 Å². The number of carbonyl (C=O) groups excluding carboxylic acids is 1. The smallest absolute Gasteiger partial charge is 0.383 e. The molecular weight excluding hydrogens is 471 g/mol. The highest BCUT2D eigenvalue weighted by atomic mass is 19.4. The third kappa shape index (κ3) is 5.71. The van der Waals surface area contributed by atoms with E-state index in [-0.39, 0.29) is 30.0 Å². The van der Waals surface area contributed by atoms with Crippen molar-refractivity contribution in [3.05, 3.63) is 59.6 Å². The lowest BCUT2D eigenvalue weighted by Gasteiger charge is -2.52. The summed E-state index contributed by atoms with van der Waals surface area (Å²) in [7, 11) is -3.22. The van der Waals surface area contributed by atoms with Crippen molar-refractivity contribution >= 4 is 5.91 Å². The van der Waals surface area contributed by atoms with Crippen LogP contribution in [0.4, 0.5) is 13.2 Å². The van der Waals surface area contributed by atoms with Crippen molar-refractivity contribution in [2.24, 2.45) is 0 Å². The Bertz CT molecular complexity index is 1340. The summed E-state index contributed by atoms with van der Waals surface area (Å²) < 4.78 is 109. The van der Waals surface area contributed by atoms with E-state index in [0.717, 1.165) is 30.6 Å². The normalized spacial score (nSPS) is 27.2. The number of amides is 1. The summed E-state index contributed by atoms with van der Waals surface area (Å²) in [5.74, 6) is -0.493. The first kappa shape index (κ1) is 17.8. The lowest BCUT2D eigenvalue weighted by Crippen LogP contribution is -2.62. The summed E-state index contributed by atoms with van der Waals surface area (Å²) in [6, 6.07) is 0.339. The van der Waals surface area contributed by atoms with Gasteiger partial charge in [-0.25, -0.2) is 9.97 Å². The number of methoxy groups -OCH3 is 1. The maximum atomic E-state index is 13.3. The second kappa shape index (κ2) is 10.8. The first-order valence-corrected chi connectivity index (χ1v) is 11.7. The topological polar surface area (TPSA) is 61.8 Å². The number of hydrogen-bond acceptors (Lipinski definition) is 6. The van der Waals surface area contributed by atoms with Crippen LogP contribution in [0.3, 0.4) is 0 Å². The molecule has 0 spiro atoms. The second-order valence-electron chi connectivity index (χ2n) is 9.38. The Labute approximate surface area is 221 Å². The molecule has 2 aliphatic rings. The van der Waals surface area contributed by atoms with Gasteiger partial charge >= 0.3 is 6.18 Å². The number of hydrogen-bond donors (Lipinski definition) is 0. The largest absolute Gasteiger partial charge is 0.416 e. The van der Waals surface area contributed by atoms with E-state index >= 15 is 0 Å². The Morgan fingerprint density at radius 1 is 1.25 bits per heavy atom. The standard InChI is InChI=1S/C26H34F3N5O2/c1-19-16-33(25(2)8-10-32(11-9-25)24(35)21-14-30-18-31-15-21)12-13-34(19)23(17-36-3)20-4-6-22(7-5-20)26(27,28)29/h4-7,14-15,18-19,23H,8-13,16-17H2,1-3H3/t19-,23+/m0/s1/i3D3,14D,15D,17D2,23D. The molecule has 1 aromatic heterocycles. The molecule has 0 unspecified atom stereocenters. The molecular formula is C26H34F3N5O2. The first-order valence-electron chi connectivity index (χ1n) is 15.7. The minimum Gasteiger partial charge on any atom is -0.383 e. The number of likely N-dealkylation sites (tertiary alicyclic amines) is 1. The predicted molar refractivity (Wildman–Crippen MR) is 129 cm³/mol. The molecule has 4 rings (SSSR count). The van der Waals surface area contributed by atoms with Gasteiger partial charge in [-0.3, -0.25) is 14.6 Å². The molecule has 2 aliphatic heterocycles. The molecule has 2 atom stereocenters. The maximum Gasteiger partial charge on any atom is 0.416 e. The Morgan fingerprint density at radius 2 is 1.92 bits per heavy atom. The molecule has 7 nitrogen and oxygen atoms in total. The minimum atomic E-state index is -4.66. The lowest BCUT2D eigenvalue weighted by atomic mass is 9.86. The summed E-state index contributed by atoms with van der Waals surface area (Å²) in [5.41, 5.74) is -1.76. The molecule has 1 amide bonds. The number of halogens is 3. The fourth-order valence-electron chi connectivity index (χ4n) is 4.93. The third-order valence-electron chi connectivity index (χ3n) is 7.12. The van der Waals surface area contributed by atoms with Crippen molar-refractivity contribution in [1.29, 1.82) is 0 Å². The summed E-state index contributed by atoms with van der Waals surface area (Å²) in [4.78, 5) is 25.6. The predicted octanol–water partition coefficient (Wildman–Crippen LogP) is 3.88. The molecule has 0 aliphatic carbocycles. The molecule has 36 heavy (non-hydrogen) atoms. The lowest BCUT2D eigenvalue weighted by molar-refractivity contribution is -0.137. The maximum absolute atomic E-state index is 13.3. The van der Waals surface area contributed by atoms with Crippen LogP contribution in [0, 0.1) is 0 Å². The number of aromatic nitrogens is 2. The highest BCUT2D eigenvalue weighted by molar-refractivity contribution is 5.93. The first-order chi connectivity index (χ1) is 20.2. The van der Waals surface area contributed by atoms with E-state index in [4.69, 9.17) is 14.3 Å². The fourth-order valence-corrected chi connectivity index (χ4v) is 4.93. The molecule has 10 heteroatoms. The van der Waals surface area contributed by atoms with E-state index in [0.29, 0.717) is 39.0 Å². The molecule has 3 heterocycles. The SMILES string of the molecule is [2H]c1ncnc([2H])c1C(=O)N1CCC(C)(N2CCN([C@@]([2H])(c3ccc(C(F)(F)F)cc3)C([2H])([2H])OC([2H])([2H])[2H])[C@@H](C)C2)CC1. The van der Waals surface area contributed by atoms with Gasteiger partial charge in [0.05, 0.1) is 34.7 Å². The number of alkyl halides is 3. The van der Waals surface area contributed by atoms with Crippen LogP contribution in [0.1, 0.15) is 65.2 Å². The van der Waals surface area contributed by atoms with Crippen LogP contribution >= 0.6 is 0 Å². The van der Waals surface area contributed by atoms with Gasteiger partial charge in [-0.1, -0.05) is 12.1 Å². The number of rotatable bonds is 6. The quantitative estimate of drug-likeness (QED) is 0.584. The van der Waals surface area contributed by atoms with Crippen LogP contribution in [0.15, 0.2) is 42.9 Å². The highest BCUT2D eigenvalue weighted by Crippen LogP contribution is 2.35. The van der Waals surface area contributed by atoms with E-state index in [1.807, 2.05) is 6.92 Å². The number of benzene rings is 1. The van der Waals surface area contributed by atoms with Crippen molar-refractivity contribution in [3.8, 4) is 0 Å². The number of ether oxygens (including phenoxy) is 1. The second-order valence-corrected chi connectivity index (χ2v) is 9.38. The van der Waals surface area contributed by atoms with Crippen molar-refractivity contribution in [2.45, 2.75) is 50.5 Å². The molecule has 0 N–H and O–H groups in total. The van der Waals surface area contributed by atoms with Gasteiger partial charge in [-0.05, 0) is 44.4 Å². The van der Waals surface area contributed by atoms with Gasteiger partial charge in [0.25, 0.3) is 5.91 Å². The van der Waals surface area contributed by atoms with Gasteiger partial charge in [0.15, 0.2) is 0 Å². The molecule has 1 aromatic carbocycles. The van der Waals surface area contributed by atoms with Crippen LogP contribution in [0.2, 0.25) is 0 Å². The van der Waals surface area contributed by atoms with Gasteiger partial charge in [0.2, 0.25) is 0 Å². The van der Waals surface area contributed by atoms with E-state index in [1.165, 1.54) is 4.90 Å². The summed E-state index contributed by atoms with van der Waals surface area (Å²) >= 11 is 0. The van der Waals surface area contributed by atoms with Crippen LogP contribution < -0.4 is 0 Å². The average molecular weight is 514 g/mol. The monoisotopic (exact) mass is 513 g/mol. The van der Waals surface area contributed by atoms with Crippen molar-refractivity contribution in [3.63, 3.8) is 0 Å². The Morgan fingerprint density at radius 3 is 2.50 bits per heavy atom. The molecule has 0 bridgehead atoms. The van der Waals surface area contributed by atoms with Gasteiger partial charge in [0, 0.05) is 63.7 Å². The fraction of sp³-hybridized carbons (Fsp3) is 0.577. The number of piperazine rings is 1. The summed E-state index contributed by atoms with van der Waals surface area (Å²) in [5, 5.41) is 0. The van der Waals surface area contributed by atoms with Gasteiger partial charge in [0.1, 0.15) is 6.33 Å². The van der Waals surface area contributed by atoms with E-state index in [2.05, 4.69) is 14.9 Å². The van der Waals surface area contributed by atoms with E-state index in [9.17, 15) is 19.3 Å². The summed E-state index contributed by atoms with van der Waals surface area (Å²) in [6.07, 6.45) is -3.17. The van der Waals surface area contributed by atoms with Crippen LogP contribution in [-0.4, -0.2) is 88.5 Å². The molecule has 0 radical (unpaired) electrons. The zero-order chi connectivity index (χ0) is 32.9. The van der Waals surface area contributed by atoms with Crippen molar-refractivity contribution < 1.29 is 33.7 Å². The highest BCUT2D eigenvalue weighted by Gasteiger charge is 2.41. The zero-order valence-corrected chi connectivity index (χ0v) is 20.1. The number of piperidine rings is 1. The van der Waals surface area contributed by atoms with Crippen molar-refractivity contribution in [2.75, 3.05) is 46.3 Å². The van der Waals surface area contributed by atoms with Gasteiger partial charge in [-0.15, -0.1) is 0 Å². The molecule has 196 valence electrons. The number of carbonyl (C=O) groups is 1. The molecule has 2 saturated heterocycles. The van der Waals surface area contributed by atoms with E-state index < -0.39 is 48.8 Å². The van der Waals surface area contributed by atoms with Crippen molar-refractivity contribution in [1.82, 2.24) is 24.7 Å². The Balaban J connectivity index is 1.54. The number of nitrogens with zero attached hydrogens (tertiary/aromatic N) is 5. The van der Waals surface area contributed by atoms with Crippen LogP contribution in [0.25, 0.3) is 0 Å². The Kier molecular flexibility index (Phi) is 5.36. The zero-order valence-electron chi connectivity index (χ0n) is 28.1. The van der Waals surface area contributed by atoms with E-state index in [1.54, 1.807) is 11.8 Å².